The smallest absolute Gasteiger partial charge is 0.0754 e. The molecule has 0 rings (SSSR count). The summed E-state index contributed by atoms with van der Waals surface area (Å²) in [5.41, 5.74) is 0. The second-order valence-corrected chi connectivity index (χ2v) is 2.58. The summed E-state index contributed by atoms with van der Waals surface area (Å²) in [7, 11) is 1.84. The third kappa shape index (κ3) is 4.43. The van der Waals surface area contributed by atoms with Gasteiger partial charge >= 0.3 is 0 Å². The molecule has 0 aliphatic rings. The van der Waals surface area contributed by atoms with Gasteiger partial charge in [-0.05, 0) is 13.3 Å². The lowest BCUT2D eigenvalue weighted by Gasteiger charge is -2.05. The zero-order valence-corrected chi connectivity index (χ0v) is 6.16. The summed E-state index contributed by atoms with van der Waals surface area (Å²) in [5, 5.41) is 11.9. The van der Waals surface area contributed by atoms with Gasteiger partial charge in [-0.2, -0.15) is 11.8 Å². The van der Waals surface area contributed by atoms with Crippen LogP contribution < -0.4 is 5.32 Å². The molecule has 0 aromatic carbocycles. The fourth-order valence-corrected chi connectivity index (χ4v) is 0.990. The van der Waals surface area contributed by atoms with Crippen LogP contribution in [0.15, 0.2) is 0 Å². The Hall–Kier alpha value is 0.270. The standard InChI is InChI=1S/C5H13NOS/c1-6-3-5(7)4-8-2/h5-7H,3-4H2,1-2H3. The van der Waals surface area contributed by atoms with Crippen LogP contribution in [0.4, 0.5) is 0 Å². The van der Waals surface area contributed by atoms with Crippen LogP contribution in [-0.4, -0.2) is 36.8 Å². The second-order valence-electron chi connectivity index (χ2n) is 1.67. The zero-order chi connectivity index (χ0) is 6.41. The quantitative estimate of drug-likeness (QED) is 0.566. The average Bonchev–Trinajstić information content (AvgIpc) is 1.68. The van der Waals surface area contributed by atoms with Crippen LogP contribution >= 0.6 is 11.8 Å². The summed E-state index contributed by atoms with van der Waals surface area (Å²) < 4.78 is 0. The number of thioether (sulfide) groups is 1. The maximum atomic E-state index is 8.97. The molecule has 0 saturated heterocycles. The fourth-order valence-electron chi connectivity index (χ4n) is 0.487. The molecule has 1 unspecified atom stereocenters. The monoisotopic (exact) mass is 135 g/mol. The Morgan fingerprint density at radius 3 is 2.75 bits per heavy atom. The largest absolute Gasteiger partial charge is 0.391 e. The van der Waals surface area contributed by atoms with E-state index in [2.05, 4.69) is 5.32 Å². The van der Waals surface area contributed by atoms with Gasteiger partial charge in [-0.15, -0.1) is 0 Å². The van der Waals surface area contributed by atoms with E-state index in [0.29, 0.717) is 6.54 Å². The zero-order valence-electron chi connectivity index (χ0n) is 5.35. The lowest BCUT2D eigenvalue weighted by atomic mass is 10.4. The summed E-state index contributed by atoms with van der Waals surface area (Å²) in [6.07, 6.45) is 1.80. The summed E-state index contributed by atoms with van der Waals surface area (Å²) >= 11 is 1.66. The van der Waals surface area contributed by atoms with Crippen molar-refractivity contribution in [3.8, 4) is 0 Å². The molecule has 0 aromatic heterocycles. The SMILES string of the molecule is CNCC(O)CSC. The van der Waals surface area contributed by atoms with Crippen LogP contribution in [0.3, 0.4) is 0 Å². The van der Waals surface area contributed by atoms with E-state index in [1.807, 2.05) is 13.3 Å². The van der Waals surface area contributed by atoms with Crippen LogP contribution in [0.5, 0.6) is 0 Å². The molecule has 0 fully saturated rings. The van der Waals surface area contributed by atoms with Crippen molar-refractivity contribution in [3.05, 3.63) is 0 Å². The Morgan fingerprint density at radius 2 is 2.38 bits per heavy atom. The second kappa shape index (κ2) is 5.41. The van der Waals surface area contributed by atoms with E-state index in [1.165, 1.54) is 0 Å². The van der Waals surface area contributed by atoms with Crippen LogP contribution in [0.1, 0.15) is 0 Å². The summed E-state index contributed by atoms with van der Waals surface area (Å²) in [5.74, 6) is 0.820. The highest BCUT2D eigenvalue weighted by molar-refractivity contribution is 7.98. The molecule has 0 aliphatic carbocycles. The molecule has 0 spiro atoms. The van der Waals surface area contributed by atoms with Crippen LogP contribution in [-0.2, 0) is 0 Å². The van der Waals surface area contributed by atoms with Crippen molar-refractivity contribution >= 4 is 11.8 Å². The molecule has 2 nitrogen and oxygen atoms in total. The van der Waals surface area contributed by atoms with E-state index in [4.69, 9.17) is 5.11 Å². The molecular weight excluding hydrogens is 122 g/mol. The molecule has 0 aromatic rings. The maximum absolute atomic E-state index is 8.97. The first-order valence-corrected chi connectivity index (χ1v) is 4.02. The topological polar surface area (TPSA) is 32.3 Å². The first-order chi connectivity index (χ1) is 3.81. The van der Waals surface area contributed by atoms with Crippen molar-refractivity contribution in [2.24, 2.45) is 0 Å². The van der Waals surface area contributed by atoms with Gasteiger partial charge in [0.15, 0.2) is 0 Å². The van der Waals surface area contributed by atoms with Gasteiger partial charge in [0, 0.05) is 12.3 Å². The molecule has 0 heterocycles. The van der Waals surface area contributed by atoms with Gasteiger partial charge in [-0.25, -0.2) is 0 Å². The number of aliphatic hydroxyl groups excluding tert-OH is 1. The Labute approximate surface area is 54.7 Å². The van der Waals surface area contributed by atoms with E-state index in [0.717, 1.165) is 5.75 Å². The minimum absolute atomic E-state index is 0.185. The number of nitrogens with one attached hydrogen (secondary N) is 1. The molecule has 0 amide bonds. The number of aliphatic hydroxyl groups is 1. The van der Waals surface area contributed by atoms with Crippen LogP contribution in [0, 0.1) is 0 Å². The molecular formula is C5H13NOS. The van der Waals surface area contributed by atoms with Gasteiger partial charge in [0.25, 0.3) is 0 Å². The van der Waals surface area contributed by atoms with Crippen LogP contribution in [0.25, 0.3) is 0 Å². The number of likely N-dealkylation sites (N-methyl/N-ethyl adjacent to an activating group) is 1. The van der Waals surface area contributed by atoms with E-state index in [1.54, 1.807) is 11.8 Å². The van der Waals surface area contributed by atoms with Gasteiger partial charge in [-0.1, -0.05) is 0 Å². The lowest BCUT2D eigenvalue weighted by Crippen LogP contribution is -2.25. The first kappa shape index (κ1) is 8.27. The molecule has 8 heavy (non-hydrogen) atoms. The molecule has 1 atom stereocenters. The van der Waals surface area contributed by atoms with Gasteiger partial charge in [-0.3, -0.25) is 0 Å². The third-order valence-electron chi connectivity index (χ3n) is 0.799. The molecule has 0 radical (unpaired) electrons. The number of hydrogen-bond donors (Lipinski definition) is 2. The highest BCUT2D eigenvalue weighted by atomic mass is 32.2. The van der Waals surface area contributed by atoms with Gasteiger partial charge < -0.3 is 10.4 Å². The predicted molar refractivity (Wildman–Crippen MR) is 38.3 cm³/mol. The number of hydrogen-bond acceptors (Lipinski definition) is 3. The molecule has 0 saturated carbocycles. The van der Waals surface area contributed by atoms with Crippen molar-refractivity contribution in [3.63, 3.8) is 0 Å². The van der Waals surface area contributed by atoms with E-state index in [-0.39, 0.29) is 6.10 Å². The maximum Gasteiger partial charge on any atom is 0.0754 e. The van der Waals surface area contributed by atoms with Gasteiger partial charge in [0.2, 0.25) is 0 Å². The summed E-state index contributed by atoms with van der Waals surface area (Å²) in [6.45, 7) is 0.695. The fraction of sp³-hybridized carbons (Fsp3) is 1.00. The minimum Gasteiger partial charge on any atom is -0.391 e. The van der Waals surface area contributed by atoms with E-state index >= 15 is 0 Å². The Morgan fingerprint density at radius 1 is 1.75 bits per heavy atom. The van der Waals surface area contributed by atoms with Crippen molar-refractivity contribution in [1.82, 2.24) is 5.32 Å². The average molecular weight is 135 g/mol. The van der Waals surface area contributed by atoms with Crippen LogP contribution in [0.2, 0.25) is 0 Å². The highest BCUT2D eigenvalue weighted by Crippen LogP contribution is 1.94. The summed E-state index contributed by atoms with van der Waals surface area (Å²) in [6, 6.07) is 0. The summed E-state index contributed by atoms with van der Waals surface area (Å²) in [4.78, 5) is 0. The normalized spacial score (nSPS) is 13.9. The van der Waals surface area contributed by atoms with Crippen molar-refractivity contribution < 1.29 is 5.11 Å². The highest BCUT2D eigenvalue weighted by Gasteiger charge is 1.97. The van der Waals surface area contributed by atoms with Gasteiger partial charge in [0.05, 0.1) is 6.10 Å². The number of rotatable bonds is 4. The molecule has 0 aliphatic heterocycles. The Kier molecular flexibility index (Phi) is 5.59. The van der Waals surface area contributed by atoms with E-state index < -0.39 is 0 Å². The Balaban J connectivity index is 2.92. The van der Waals surface area contributed by atoms with E-state index in [9.17, 15) is 0 Å². The van der Waals surface area contributed by atoms with Crippen molar-refractivity contribution in [1.29, 1.82) is 0 Å². The minimum atomic E-state index is -0.185. The molecule has 0 bridgehead atoms. The Bertz CT molecular complexity index is 45.7. The lowest BCUT2D eigenvalue weighted by molar-refractivity contribution is 0.199. The predicted octanol–water partition coefficient (Wildman–Crippen LogP) is -0.0703. The first-order valence-electron chi connectivity index (χ1n) is 2.63. The molecule has 50 valence electrons. The van der Waals surface area contributed by atoms with Gasteiger partial charge in [0.1, 0.15) is 0 Å². The van der Waals surface area contributed by atoms with Crippen molar-refractivity contribution in [2.75, 3.05) is 25.6 Å². The third-order valence-corrected chi connectivity index (χ3v) is 1.52. The van der Waals surface area contributed by atoms with Crippen molar-refractivity contribution in [2.45, 2.75) is 6.10 Å². The molecule has 3 heteroatoms. The molecule has 2 N–H and O–H groups in total.